The van der Waals surface area contributed by atoms with Crippen molar-refractivity contribution < 1.29 is 13.2 Å². The van der Waals surface area contributed by atoms with Crippen molar-refractivity contribution in [2.75, 3.05) is 13.6 Å². The van der Waals surface area contributed by atoms with Crippen LogP contribution in [-0.4, -0.2) is 32.2 Å². The molecular formula is C21H22N2O3S. The summed E-state index contributed by atoms with van der Waals surface area (Å²) in [5.41, 5.74) is 0.968. The summed E-state index contributed by atoms with van der Waals surface area (Å²) in [6, 6.07) is 21.9. The Morgan fingerprint density at radius 2 is 1.59 bits per heavy atom. The molecule has 1 amide bonds. The smallest absolute Gasteiger partial charge is 0.243 e. The zero-order valence-corrected chi connectivity index (χ0v) is 16.1. The first-order valence-corrected chi connectivity index (χ1v) is 10.1. The molecular weight excluding hydrogens is 360 g/mol. The lowest BCUT2D eigenvalue weighted by molar-refractivity contribution is -0.121. The molecule has 0 bridgehead atoms. The summed E-state index contributed by atoms with van der Waals surface area (Å²) in [6.45, 7) is 1.64. The molecule has 0 radical (unpaired) electrons. The number of amides is 1. The standard InChI is InChI=1S/C21H22N2O3S/c1-16(18-13-12-17-8-6-7-9-19(17)14-18)22-21(24)15-23(2)27(25,26)20-10-4-3-5-11-20/h3-14,16H,15H2,1-2H3,(H,22,24). The average Bonchev–Trinajstić information content (AvgIpc) is 2.68. The maximum absolute atomic E-state index is 12.5. The highest BCUT2D eigenvalue weighted by Gasteiger charge is 2.23. The summed E-state index contributed by atoms with van der Waals surface area (Å²) in [4.78, 5) is 12.5. The van der Waals surface area contributed by atoms with E-state index in [1.54, 1.807) is 18.2 Å². The molecule has 0 aliphatic heterocycles. The molecule has 27 heavy (non-hydrogen) atoms. The lowest BCUT2D eigenvalue weighted by atomic mass is 10.0. The SMILES string of the molecule is CC(NC(=O)CN(C)S(=O)(=O)c1ccccc1)c1ccc2ccccc2c1. The minimum absolute atomic E-state index is 0.169. The number of fused-ring (bicyclic) bond motifs is 1. The molecule has 0 saturated heterocycles. The van der Waals surface area contributed by atoms with Gasteiger partial charge in [-0.25, -0.2) is 8.42 Å². The Balaban J connectivity index is 1.67. The third-order valence-electron chi connectivity index (χ3n) is 4.47. The number of hydrogen-bond donors (Lipinski definition) is 1. The lowest BCUT2D eigenvalue weighted by Crippen LogP contribution is -2.39. The molecule has 5 nitrogen and oxygen atoms in total. The normalized spacial score (nSPS) is 12.9. The van der Waals surface area contributed by atoms with Gasteiger partial charge in [0, 0.05) is 7.05 Å². The largest absolute Gasteiger partial charge is 0.348 e. The Bertz CT molecular complexity index is 1050. The van der Waals surface area contributed by atoms with E-state index in [0.717, 1.165) is 20.6 Å². The molecule has 0 fully saturated rings. The second kappa shape index (κ2) is 7.90. The molecule has 0 aliphatic carbocycles. The summed E-state index contributed by atoms with van der Waals surface area (Å²) in [7, 11) is -2.29. The predicted molar refractivity (Wildman–Crippen MR) is 107 cm³/mol. The second-order valence-electron chi connectivity index (χ2n) is 6.47. The van der Waals surface area contributed by atoms with Crippen LogP contribution in [0.25, 0.3) is 10.8 Å². The Morgan fingerprint density at radius 1 is 0.963 bits per heavy atom. The number of likely N-dealkylation sites (N-methyl/N-ethyl adjacent to an activating group) is 1. The van der Waals surface area contributed by atoms with Crippen LogP contribution in [0.2, 0.25) is 0 Å². The highest BCUT2D eigenvalue weighted by Crippen LogP contribution is 2.20. The number of nitrogens with zero attached hydrogens (tertiary/aromatic N) is 1. The van der Waals surface area contributed by atoms with Gasteiger partial charge >= 0.3 is 0 Å². The van der Waals surface area contributed by atoms with E-state index in [0.29, 0.717) is 0 Å². The monoisotopic (exact) mass is 382 g/mol. The Hall–Kier alpha value is -2.70. The van der Waals surface area contributed by atoms with Crippen molar-refractivity contribution in [3.05, 3.63) is 78.4 Å². The molecule has 1 unspecified atom stereocenters. The lowest BCUT2D eigenvalue weighted by Gasteiger charge is -2.19. The molecule has 3 aromatic carbocycles. The van der Waals surface area contributed by atoms with Crippen LogP contribution >= 0.6 is 0 Å². The minimum atomic E-state index is -3.69. The van der Waals surface area contributed by atoms with E-state index in [-0.39, 0.29) is 23.4 Å². The highest BCUT2D eigenvalue weighted by molar-refractivity contribution is 7.89. The number of sulfonamides is 1. The van der Waals surface area contributed by atoms with E-state index in [1.807, 2.05) is 49.4 Å². The van der Waals surface area contributed by atoms with Gasteiger partial charge in [-0.2, -0.15) is 4.31 Å². The number of benzene rings is 3. The molecule has 0 heterocycles. The van der Waals surface area contributed by atoms with Crippen LogP contribution in [0, 0.1) is 0 Å². The van der Waals surface area contributed by atoms with Crippen LogP contribution in [0.3, 0.4) is 0 Å². The Labute approximate surface area is 159 Å². The third kappa shape index (κ3) is 4.35. The van der Waals surface area contributed by atoms with Crippen LogP contribution in [0.5, 0.6) is 0 Å². The van der Waals surface area contributed by atoms with Gasteiger partial charge in [0.05, 0.1) is 17.5 Å². The van der Waals surface area contributed by atoms with E-state index in [9.17, 15) is 13.2 Å². The van der Waals surface area contributed by atoms with E-state index in [4.69, 9.17) is 0 Å². The van der Waals surface area contributed by atoms with Gasteiger partial charge in [-0.3, -0.25) is 4.79 Å². The number of nitrogens with one attached hydrogen (secondary N) is 1. The first kappa shape index (κ1) is 19.1. The summed E-state index contributed by atoms with van der Waals surface area (Å²) in [5.74, 6) is -0.349. The van der Waals surface area contributed by atoms with Crippen molar-refractivity contribution in [2.45, 2.75) is 17.9 Å². The van der Waals surface area contributed by atoms with E-state index < -0.39 is 10.0 Å². The molecule has 1 atom stereocenters. The molecule has 0 saturated carbocycles. The zero-order valence-electron chi connectivity index (χ0n) is 15.3. The van der Waals surface area contributed by atoms with Crippen LogP contribution in [0.1, 0.15) is 18.5 Å². The topological polar surface area (TPSA) is 66.5 Å². The predicted octanol–water partition coefficient (Wildman–Crippen LogP) is 3.34. The van der Waals surface area contributed by atoms with Gasteiger partial charge in [-0.05, 0) is 41.5 Å². The average molecular weight is 382 g/mol. The fourth-order valence-corrected chi connectivity index (χ4v) is 4.06. The fraction of sp³-hybridized carbons (Fsp3) is 0.190. The number of carbonyl (C=O) groups excluding carboxylic acids is 1. The van der Waals surface area contributed by atoms with Gasteiger partial charge in [0.1, 0.15) is 0 Å². The first-order chi connectivity index (χ1) is 12.9. The van der Waals surface area contributed by atoms with Gasteiger partial charge in [0.25, 0.3) is 0 Å². The van der Waals surface area contributed by atoms with Gasteiger partial charge in [-0.1, -0.05) is 54.6 Å². The minimum Gasteiger partial charge on any atom is -0.348 e. The van der Waals surface area contributed by atoms with E-state index >= 15 is 0 Å². The van der Waals surface area contributed by atoms with Gasteiger partial charge in [0.2, 0.25) is 15.9 Å². The van der Waals surface area contributed by atoms with Crippen molar-refractivity contribution in [1.82, 2.24) is 9.62 Å². The molecule has 3 rings (SSSR count). The third-order valence-corrected chi connectivity index (χ3v) is 6.29. The molecule has 6 heteroatoms. The van der Waals surface area contributed by atoms with E-state index in [2.05, 4.69) is 5.32 Å². The summed E-state index contributed by atoms with van der Waals surface area (Å²) >= 11 is 0. The van der Waals surface area contributed by atoms with Crippen LogP contribution < -0.4 is 5.32 Å². The summed E-state index contributed by atoms with van der Waals surface area (Å²) < 4.78 is 26.1. The quantitative estimate of drug-likeness (QED) is 0.711. The second-order valence-corrected chi connectivity index (χ2v) is 8.51. The van der Waals surface area contributed by atoms with Crippen LogP contribution in [0.15, 0.2) is 77.7 Å². The van der Waals surface area contributed by atoms with Gasteiger partial charge < -0.3 is 5.32 Å². The molecule has 3 aromatic rings. The summed E-state index contributed by atoms with van der Waals surface area (Å²) in [5, 5.41) is 5.10. The van der Waals surface area contributed by atoms with Gasteiger partial charge in [0.15, 0.2) is 0 Å². The molecule has 0 spiro atoms. The fourth-order valence-electron chi connectivity index (χ4n) is 2.91. The Kier molecular flexibility index (Phi) is 5.58. The van der Waals surface area contributed by atoms with Gasteiger partial charge in [-0.15, -0.1) is 0 Å². The van der Waals surface area contributed by atoms with Crippen LogP contribution in [0.4, 0.5) is 0 Å². The van der Waals surface area contributed by atoms with E-state index in [1.165, 1.54) is 19.2 Å². The molecule has 1 N–H and O–H groups in total. The van der Waals surface area contributed by atoms with Crippen LogP contribution in [-0.2, 0) is 14.8 Å². The van der Waals surface area contributed by atoms with Crippen molar-refractivity contribution in [3.8, 4) is 0 Å². The summed E-state index contributed by atoms with van der Waals surface area (Å²) in [6.07, 6.45) is 0. The van der Waals surface area contributed by atoms with Crippen molar-refractivity contribution >= 4 is 26.7 Å². The van der Waals surface area contributed by atoms with Crippen molar-refractivity contribution in [1.29, 1.82) is 0 Å². The maximum Gasteiger partial charge on any atom is 0.243 e. The van der Waals surface area contributed by atoms with Crippen molar-refractivity contribution in [2.24, 2.45) is 0 Å². The molecule has 0 aromatic heterocycles. The zero-order chi connectivity index (χ0) is 19.4. The van der Waals surface area contributed by atoms with Crippen molar-refractivity contribution in [3.63, 3.8) is 0 Å². The maximum atomic E-state index is 12.5. The Morgan fingerprint density at radius 3 is 2.30 bits per heavy atom. The molecule has 140 valence electrons. The highest BCUT2D eigenvalue weighted by atomic mass is 32.2. The number of carbonyl (C=O) groups is 1. The molecule has 0 aliphatic rings. The first-order valence-electron chi connectivity index (χ1n) is 8.67. The number of rotatable bonds is 6. The number of hydrogen-bond acceptors (Lipinski definition) is 3.